The van der Waals surface area contributed by atoms with E-state index >= 15 is 0 Å². The highest BCUT2D eigenvalue weighted by molar-refractivity contribution is 7.14. The van der Waals surface area contributed by atoms with Crippen molar-refractivity contribution in [3.8, 4) is 0 Å². The molecule has 1 aromatic heterocycles. The number of nitrogens with one attached hydrogen (secondary N) is 1. The Labute approximate surface area is 84.5 Å². The smallest absolute Gasteiger partial charge is 0.257 e. The average Bonchev–Trinajstić information content (AvgIpc) is 2.46. The molecule has 2 amide bonds. The van der Waals surface area contributed by atoms with Crippen molar-refractivity contribution < 1.29 is 9.59 Å². The number of hydrogen-bond donors (Lipinski definition) is 1. The van der Waals surface area contributed by atoms with Crippen molar-refractivity contribution >= 4 is 28.2 Å². The number of nitrogens with zero attached hydrogens (tertiary/aromatic N) is 1. The van der Waals surface area contributed by atoms with Crippen LogP contribution in [0.15, 0.2) is 11.4 Å². The molecule has 0 spiro atoms. The Kier molecular flexibility index (Phi) is 1.47. The van der Waals surface area contributed by atoms with Crippen molar-refractivity contribution in [1.29, 1.82) is 0 Å². The van der Waals surface area contributed by atoms with Gasteiger partial charge in [-0.05, 0) is 17.9 Å². The van der Waals surface area contributed by atoms with Crippen molar-refractivity contribution in [3.05, 3.63) is 17.0 Å². The van der Waals surface area contributed by atoms with Gasteiger partial charge in [0.2, 0.25) is 5.91 Å². The molecule has 1 atom stereocenters. The van der Waals surface area contributed by atoms with Crippen molar-refractivity contribution in [3.63, 3.8) is 0 Å². The van der Waals surface area contributed by atoms with Crippen LogP contribution >= 0.6 is 11.3 Å². The van der Waals surface area contributed by atoms with Crippen molar-refractivity contribution in [2.45, 2.75) is 12.5 Å². The lowest BCUT2D eigenvalue weighted by Crippen LogP contribution is -2.55. The Morgan fingerprint density at radius 1 is 1.50 bits per heavy atom. The first-order chi connectivity index (χ1) is 6.77. The third-order valence-corrected chi connectivity index (χ3v) is 3.55. The van der Waals surface area contributed by atoms with Crippen LogP contribution < -0.4 is 5.32 Å². The van der Waals surface area contributed by atoms with E-state index in [0.29, 0.717) is 17.1 Å². The molecule has 0 saturated carbocycles. The van der Waals surface area contributed by atoms with Gasteiger partial charge in [0.1, 0.15) is 11.0 Å². The molecule has 2 aliphatic rings. The summed E-state index contributed by atoms with van der Waals surface area (Å²) in [5.41, 5.74) is 0.630. The summed E-state index contributed by atoms with van der Waals surface area (Å²) >= 11 is 1.40. The van der Waals surface area contributed by atoms with E-state index in [1.54, 1.807) is 11.0 Å². The number of rotatable bonds is 0. The number of thiophene rings is 1. The summed E-state index contributed by atoms with van der Waals surface area (Å²) in [7, 11) is 0. The number of fused-ring (bicyclic) bond motifs is 2. The minimum Gasteiger partial charge on any atom is -0.326 e. The zero-order chi connectivity index (χ0) is 9.71. The Morgan fingerprint density at radius 3 is 3.07 bits per heavy atom. The van der Waals surface area contributed by atoms with E-state index < -0.39 is 0 Å². The first kappa shape index (κ1) is 7.99. The Morgan fingerprint density at radius 2 is 2.36 bits per heavy atom. The topological polar surface area (TPSA) is 49.4 Å². The summed E-state index contributed by atoms with van der Waals surface area (Å²) in [5.74, 6) is -0.0679. The fraction of sp³-hybridized carbons (Fsp3) is 0.333. The maximum atomic E-state index is 11.8. The Hall–Kier alpha value is -1.36. The van der Waals surface area contributed by atoms with E-state index in [4.69, 9.17) is 0 Å². The molecule has 0 radical (unpaired) electrons. The van der Waals surface area contributed by atoms with E-state index in [1.807, 2.05) is 5.38 Å². The maximum absolute atomic E-state index is 11.8. The summed E-state index contributed by atoms with van der Waals surface area (Å²) in [6, 6.07) is 1.53. The largest absolute Gasteiger partial charge is 0.326 e. The first-order valence-corrected chi connectivity index (χ1v) is 5.34. The Bertz CT molecular complexity index is 426. The molecule has 2 aliphatic heterocycles. The van der Waals surface area contributed by atoms with Crippen molar-refractivity contribution in [1.82, 2.24) is 4.90 Å². The minimum atomic E-state index is -0.234. The van der Waals surface area contributed by atoms with Gasteiger partial charge in [0, 0.05) is 6.54 Å². The fourth-order valence-electron chi connectivity index (χ4n) is 1.83. The van der Waals surface area contributed by atoms with Crippen molar-refractivity contribution in [2.75, 3.05) is 11.9 Å². The van der Waals surface area contributed by atoms with Gasteiger partial charge in [-0.15, -0.1) is 11.3 Å². The molecular weight excluding hydrogens is 200 g/mol. The summed E-state index contributed by atoms with van der Waals surface area (Å²) < 4.78 is 0. The van der Waals surface area contributed by atoms with Gasteiger partial charge in [0.25, 0.3) is 5.91 Å². The molecule has 0 bridgehead atoms. The van der Waals surface area contributed by atoms with Gasteiger partial charge in [-0.1, -0.05) is 0 Å². The summed E-state index contributed by atoms with van der Waals surface area (Å²) in [6.45, 7) is 0.701. The van der Waals surface area contributed by atoms with Crippen LogP contribution in [0, 0.1) is 0 Å². The van der Waals surface area contributed by atoms with Crippen LogP contribution in [-0.2, 0) is 4.79 Å². The zero-order valence-electron chi connectivity index (χ0n) is 7.32. The van der Waals surface area contributed by atoms with E-state index in [0.717, 1.165) is 6.42 Å². The maximum Gasteiger partial charge on any atom is 0.257 e. The number of carbonyl (C=O) groups is 2. The molecule has 5 heteroatoms. The van der Waals surface area contributed by atoms with Crippen LogP contribution in [0.25, 0.3) is 0 Å². The van der Waals surface area contributed by atoms with Crippen LogP contribution in [0.4, 0.5) is 5.00 Å². The van der Waals surface area contributed by atoms with Crippen LogP contribution in [-0.4, -0.2) is 29.3 Å². The second-order valence-corrected chi connectivity index (χ2v) is 4.37. The lowest BCUT2D eigenvalue weighted by atomic mass is 10.0. The normalized spacial score (nSPS) is 24.6. The molecule has 3 heterocycles. The number of amides is 2. The molecule has 0 aliphatic carbocycles. The van der Waals surface area contributed by atoms with Gasteiger partial charge in [-0.2, -0.15) is 0 Å². The van der Waals surface area contributed by atoms with Gasteiger partial charge in [-0.25, -0.2) is 0 Å². The quantitative estimate of drug-likeness (QED) is 0.689. The molecule has 72 valence electrons. The van der Waals surface area contributed by atoms with Crippen LogP contribution in [0.3, 0.4) is 0 Å². The third kappa shape index (κ3) is 0.874. The van der Waals surface area contributed by atoms with Crippen LogP contribution in [0.1, 0.15) is 16.8 Å². The summed E-state index contributed by atoms with van der Waals surface area (Å²) in [5, 5.41) is 5.29. The zero-order valence-corrected chi connectivity index (χ0v) is 8.13. The first-order valence-electron chi connectivity index (χ1n) is 4.47. The molecule has 4 nitrogen and oxygen atoms in total. The average molecular weight is 208 g/mol. The summed E-state index contributed by atoms with van der Waals surface area (Å²) in [4.78, 5) is 25.1. The second kappa shape index (κ2) is 2.57. The number of carbonyl (C=O) groups excluding carboxylic acids is 2. The van der Waals surface area contributed by atoms with Crippen LogP contribution in [0.2, 0.25) is 0 Å². The predicted octanol–water partition coefficient (Wildman–Crippen LogP) is 0.915. The highest BCUT2D eigenvalue weighted by Gasteiger charge is 2.41. The highest BCUT2D eigenvalue weighted by Crippen LogP contribution is 2.32. The number of anilines is 1. The van der Waals surface area contributed by atoms with Gasteiger partial charge in [-0.3, -0.25) is 9.59 Å². The fourth-order valence-corrected chi connectivity index (χ4v) is 2.61. The minimum absolute atomic E-state index is 0.0177. The molecule has 1 aromatic rings. The number of hydrogen-bond acceptors (Lipinski definition) is 3. The predicted molar refractivity (Wildman–Crippen MR) is 52.4 cm³/mol. The Balaban J connectivity index is 2.10. The van der Waals surface area contributed by atoms with E-state index in [-0.39, 0.29) is 17.9 Å². The molecule has 1 fully saturated rings. The van der Waals surface area contributed by atoms with Gasteiger partial charge in [0.05, 0.1) is 5.56 Å². The molecule has 1 unspecified atom stereocenters. The van der Waals surface area contributed by atoms with E-state index in [2.05, 4.69) is 5.32 Å². The lowest BCUT2D eigenvalue weighted by molar-refractivity contribution is -0.123. The third-order valence-electron chi connectivity index (χ3n) is 2.72. The lowest BCUT2D eigenvalue weighted by Gasteiger charge is -2.37. The highest BCUT2D eigenvalue weighted by atomic mass is 32.1. The van der Waals surface area contributed by atoms with Gasteiger partial charge < -0.3 is 10.2 Å². The molecule has 3 rings (SSSR count). The second-order valence-electron chi connectivity index (χ2n) is 3.46. The van der Waals surface area contributed by atoms with Crippen LogP contribution in [0.5, 0.6) is 0 Å². The standard InChI is InChI=1S/C9H8N2O2S/c12-7-6-1-3-11(6)9(13)5-2-4-14-8(5)10-7/h2,4,6H,1,3H2,(H,10,12). The van der Waals surface area contributed by atoms with E-state index in [9.17, 15) is 9.59 Å². The van der Waals surface area contributed by atoms with Gasteiger partial charge in [0.15, 0.2) is 0 Å². The molecule has 0 aromatic carbocycles. The summed E-state index contributed by atoms with van der Waals surface area (Å²) in [6.07, 6.45) is 0.784. The monoisotopic (exact) mass is 208 g/mol. The van der Waals surface area contributed by atoms with Crippen molar-refractivity contribution in [2.24, 2.45) is 0 Å². The molecule has 1 saturated heterocycles. The molecular formula is C9H8N2O2S. The SMILES string of the molecule is O=C1Nc2sccc2C(=O)N2CCC12. The van der Waals surface area contributed by atoms with Gasteiger partial charge >= 0.3 is 0 Å². The van der Waals surface area contributed by atoms with E-state index in [1.165, 1.54) is 11.3 Å². The molecule has 14 heavy (non-hydrogen) atoms. The molecule has 1 N–H and O–H groups in total.